The number of thiophene rings is 1. The number of nitrogens with zero attached hydrogens (tertiary/aromatic N) is 2. The van der Waals surface area contributed by atoms with Crippen molar-refractivity contribution in [1.29, 1.82) is 0 Å². The third kappa shape index (κ3) is 4.74. The largest absolute Gasteiger partial charge is 0.330 e. The molecule has 1 aliphatic rings. The molecule has 5 nitrogen and oxygen atoms in total. The van der Waals surface area contributed by atoms with Crippen molar-refractivity contribution in [3.63, 3.8) is 0 Å². The number of carbonyl (C=O) groups is 1. The highest BCUT2D eigenvalue weighted by atomic mass is 32.2. The Kier molecular flexibility index (Phi) is 6.44. The summed E-state index contributed by atoms with van der Waals surface area (Å²) in [5, 5.41) is 2.04. The van der Waals surface area contributed by atoms with E-state index in [0.717, 1.165) is 29.7 Å². The first kappa shape index (κ1) is 23.6. The Morgan fingerprint density at radius 2 is 1.76 bits per heavy atom. The summed E-state index contributed by atoms with van der Waals surface area (Å²) in [4.78, 5) is 16.7. The summed E-state index contributed by atoms with van der Waals surface area (Å²) in [5.41, 5.74) is 1.23. The van der Waals surface area contributed by atoms with Crippen LogP contribution in [0.4, 0.5) is 4.39 Å². The fourth-order valence-corrected chi connectivity index (χ4v) is 6.85. The zero-order valence-corrected chi connectivity index (χ0v) is 20.5. The predicted molar refractivity (Wildman–Crippen MR) is 128 cm³/mol. The van der Waals surface area contributed by atoms with E-state index in [9.17, 15) is 17.6 Å². The molecule has 174 valence electrons. The first-order valence-corrected chi connectivity index (χ1v) is 13.1. The summed E-state index contributed by atoms with van der Waals surface area (Å²) in [6.07, 6.45) is 0.738. The summed E-state index contributed by atoms with van der Waals surface area (Å²) in [7, 11) is -4.02. The highest BCUT2D eigenvalue weighted by Gasteiger charge is 2.39. The van der Waals surface area contributed by atoms with E-state index in [1.165, 1.54) is 21.3 Å². The van der Waals surface area contributed by atoms with Crippen LogP contribution in [0.5, 0.6) is 0 Å². The highest BCUT2D eigenvalue weighted by Crippen LogP contribution is 2.38. The van der Waals surface area contributed by atoms with Crippen LogP contribution in [0.25, 0.3) is 0 Å². The van der Waals surface area contributed by atoms with Gasteiger partial charge in [-0.2, -0.15) is 4.31 Å². The minimum Gasteiger partial charge on any atom is -0.330 e. The van der Waals surface area contributed by atoms with Gasteiger partial charge in [0.15, 0.2) is 0 Å². The third-order valence-electron chi connectivity index (χ3n) is 5.83. The number of halogens is 1. The molecule has 1 aromatic heterocycles. The second-order valence-corrected chi connectivity index (χ2v) is 11.9. The number of carbonyl (C=O) groups excluding carboxylic acids is 1. The van der Waals surface area contributed by atoms with E-state index in [-0.39, 0.29) is 23.4 Å². The minimum absolute atomic E-state index is 0.0370. The fraction of sp³-hybridized carbons (Fsp3) is 0.320. The van der Waals surface area contributed by atoms with Gasteiger partial charge in [-0.15, -0.1) is 11.3 Å². The van der Waals surface area contributed by atoms with Gasteiger partial charge in [-0.3, -0.25) is 4.79 Å². The van der Waals surface area contributed by atoms with Crippen LogP contribution in [-0.4, -0.2) is 42.2 Å². The van der Waals surface area contributed by atoms with Gasteiger partial charge in [0.1, 0.15) is 5.82 Å². The van der Waals surface area contributed by atoms with Crippen LogP contribution in [0.1, 0.15) is 42.8 Å². The molecule has 1 amide bonds. The summed E-state index contributed by atoms with van der Waals surface area (Å²) >= 11 is 1.68. The minimum atomic E-state index is -4.02. The van der Waals surface area contributed by atoms with E-state index in [1.807, 2.05) is 41.8 Å². The van der Waals surface area contributed by atoms with Gasteiger partial charge in [0.05, 0.1) is 17.5 Å². The Morgan fingerprint density at radius 1 is 1.09 bits per heavy atom. The Labute approximate surface area is 198 Å². The normalized spacial score (nSPS) is 16.6. The maximum atomic E-state index is 13.7. The van der Waals surface area contributed by atoms with E-state index in [2.05, 4.69) is 0 Å². The van der Waals surface area contributed by atoms with E-state index in [1.54, 1.807) is 37.0 Å². The van der Waals surface area contributed by atoms with Crippen LogP contribution in [0.15, 0.2) is 70.9 Å². The lowest BCUT2D eigenvalue weighted by molar-refractivity contribution is -0.134. The van der Waals surface area contributed by atoms with Crippen molar-refractivity contribution in [1.82, 2.24) is 9.21 Å². The standard InChI is InChI=1S/C25H27FN2O3S2/c1-25(2,3)28(33(30,31)20-11-9-19(26)10-12-20)17-23(29)27-15-13-22-21(14-16-32-22)24(27)18-7-5-4-6-8-18/h4-12,14,16,24H,13,15,17H2,1-3H3. The third-order valence-corrected chi connectivity index (χ3v) is 8.95. The van der Waals surface area contributed by atoms with Crippen LogP contribution in [0.3, 0.4) is 0 Å². The van der Waals surface area contributed by atoms with Crippen molar-refractivity contribution in [2.45, 2.75) is 43.7 Å². The lowest BCUT2D eigenvalue weighted by Crippen LogP contribution is -2.52. The molecule has 0 radical (unpaired) electrons. The second-order valence-electron chi connectivity index (χ2n) is 9.09. The molecule has 1 atom stereocenters. The molecule has 0 bridgehead atoms. The van der Waals surface area contributed by atoms with Crippen LogP contribution >= 0.6 is 11.3 Å². The molecule has 1 unspecified atom stereocenters. The van der Waals surface area contributed by atoms with Crippen LogP contribution in [-0.2, 0) is 21.2 Å². The molecule has 4 rings (SSSR count). The topological polar surface area (TPSA) is 57.7 Å². The molecule has 2 aromatic carbocycles. The van der Waals surface area contributed by atoms with Crippen molar-refractivity contribution in [3.8, 4) is 0 Å². The molecule has 2 heterocycles. The molecule has 33 heavy (non-hydrogen) atoms. The van der Waals surface area contributed by atoms with Crippen LogP contribution in [0.2, 0.25) is 0 Å². The molecule has 0 aliphatic carbocycles. The molecule has 1 aliphatic heterocycles. The van der Waals surface area contributed by atoms with Gasteiger partial charge >= 0.3 is 0 Å². The summed E-state index contributed by atoms with van der Waals surface area (Å²) in [6, 6.07) is 16.3. The molecular formula is C25H27FN2O3S2. The summed E-state index contributed by atoms with van der Waals surface area (Å²) < 4.78 is 41.5. The number of fused-ring (bicyclic) bond motifs is 1. The van der Waals surface area contributed by atoms with Gasteiger partial charge in [-0.1, -0.05) is 30.3 Å². The van der Waals surface area contributed by atoms with Crippen LogP contribution in [0, 0.1) is 5.82 Å². The lowest BCUT2D eigenvalue weighted by atomic mass is 9.93. The Hall–Kier alpha value is -2.55. The molecule has 3 aromatic rings. The number of hydrogen-bond donors (Lipinski definition) is 0. The maximum absolute atomic E-state index is 13.7. The average Bonchev–Trinajstić information content (AvgIpc) is 3.25. The van der Waals surface area contributed by atoms with Crippen molar-refractivity contribution < 1.29 is 17.6 Å². The fourth-order valence-electron chi connectivity index (χ4n) is 4.21. The maximum Gasteiger partial charge on any atom is 0.244 e. The van der Waals surface area contributed by atoms with E-state index in [4.69, 9.17) is 0 Å². The van der Waals surface area contributed by atoms with Gasteiger partial charge in [0, 0.05) is 17.0 Å². The molecule has 0 fully saturated rings. The molecule has 0 saturated carbocycles. The molecule has 0 saturated heterocycles. The van der Waals surface area contributed by atoms with Crippen molar-refractivity contribution >= 4 is 27.3 Å². The van der Waals surface area contributed by atoms with Gasteiger partial charge in [-0.05, 0) is 74.0 Å². The first-order valence-electron chi connectivity index (χ1n) is 10.8. The van der Waals surface area contributed by atoms with Crippen molar-refractivity contribution in [3.05, 3.63) is 87.9 Å². The monoisotopic (exact) mass is 486 g/mol. The van der Waals surface area contributed by atoms with E-state index < -0.39 is 21.4 Å². The first-order chi connectivity index (χ1) is 15.6. The molecule has 0 spiro atoms. The zero-order chi connectivity index (χ0) is 23.8. The number of sulfonamides is 1. The number of amides is 1. The van der Waals surface area contributed by atoms with Gasteiger partial charge in [0.25, 0.3) is 0 Å². The highest BCUT2D eigenvalue weighted by molar-refractivity contribution is 7.89. The smallest absolute Gasteiger partial charge is 0.244 e. The molecular weight excluding hydrogens is 459 g/mol. The van der Waals surface area contributed by atoms with Crippen LogP contribution < -0.4 is 0 Å². The Bertz CT molecular complexity index is 1230. The van der Waals surface area contributed by atoms with Gasteiger partial charge in [0.2, 0.25) is 15.9 Å². The Balaban J connectivity index is 1.69. The van der Waals surface area contributed by atoms with E-state index in [0.29, 0.717) is 6.54 Å². The predicted octanol–water partition coefficient (Wildman–Crippen LogP) is 4.85. The zero-order valence-electron chi connectivity index (χ0n) is 18.9. The SMILES string of the molecule is CC(C)(C)N(CC(=O)N1CCc2sccc2C1c1ccccc1)S(=O)(=O)c1ccc(F)cc1. The second kappa shape index (κ2) is 9.00. The quantitative estimate of drug-likeness (QED) is 0.518. The van der Waals surface area contributed by atoms with Gasteiger partial charge < -0.3 is 4.90 Å². The average molecular weight is 487 g/mol. The van der Waals surface area contributed by atoms with Crippen molar-refractivity contribution in [2.24, 2.45) is 0 Å². The number of hydrogen-bond acceptors (Lipinski definition) is 4. The number of benzene rings is 2. The summed E-state index contributed by atoms with van der Waals surface area (Å²) in [6.45, 7) is 5.47. The van der Waals surface area contributed by atoms with Gasteiger partial charge in [-0.25, -0.2) is 12.8 Å². The van der Waals surface area contributed by atoms with Crippen molar-refractivity contribution in [2.75, 3.05) is 13.1 Å². The summed E-state index contributed by atoms with van der Waals surface area (Å²) in [5.74, 6) is -0.778. The number of rotatable bonds is 5. The molecule has 8 heteroatoms. The molecule has 0 N–H and O–H groups in total. The van der Waals surface area contributed by atoms with E-state index >= 15 is 0 Å². The lowest BCUT2D eigenvalue weighted by Gasteiger charge is -2.40. The Morgan fingerprint density at radius 3 is 2.39 bits per heavy atom.